The first kappa shape index (κ1) is 23.8. The van der Waals surface area contributed by atoms with Crippen molar-refractivity contribution in [1.29, 1.82) is 0 Å². The lowest BCUT2D eigenvalue weighted by atomic mass is 9.96. The van der Waals surface area contributed by atoms with Crippen LogP contribution < -0.4 is 5.32 Å². The largest absolute Gasteiger partial charge is 0.418 e. The zero-order valence-corrected chi connectivity index (χ0v) is 20.4. The Bertz CT molecular complexity index is 1220. The van der Waals surface area contributed by atoms with E-state index in [-0.39, 0.29) is 23.9 Å². The molecule has 2 aromatic heterocycles. The van der Waals surface area contributed by atoms with Gasteiger partial charge in [-0.3, -0.25) is 4.98 Å². The van der Waals surface area contributed by atoms with Crippen LogP contribution >= 0.6 is 12.2 Å². The molecule has 0 spiro atoms. The third kappa shape index (κ3) is 4.43. The SMILES string of the molecule is Cc1cc([C@@H]2[C@@H](c3ccccn3)NC(=S)N2C[C@@H]2CCCO2)c(C)n1-c1ccccc1C(F)(F)F. The number of aromatic nitrogens is 2. The summed E-state index contributed by atoms with van der Waals surface area (Å²) in [5, 5.41) is 4.02. The molecule has 4 heterocycles. The molecule has 3 atom stereocenters. The van der Waals surface area contributed by atoms with Crippen molar-refractivity contribution in [1.82, 2.24) is 19.8 Å². The van der Waals surface area contributed by atoms with E-state index in [1.54, 1.807) is 16.8 Å². The second-order valence-electron chi connectivity index (χ2n) is 9.09. The van der Waals surface area contributed by atoms with E-state index in [0.717, 1.165) is 48.2 Å². The normalized spacial score (nSPS) is 22.6. The third-order valence-electron chi connectivity index (χ3n) is 6.86. The lowest BCUT2D eigenvalue weighted by Gasteiger charge is -2.30. The molecule has 5 nitrogen and oxygen atoms in total. The topological polar surface area (TPSA) is 42.3 Å². The Balaban J connectivity index is 1.62. The van der Waals surface area contributed by atoms with Crippen LogP contribution in [0, 0.1) is 13.8 Å². The van der Waals surface area contributed by atoms with Gasteiger partial charge in [-0.1, -0.05) is 18.2 Å². The van der Waals surface area contributed by atoms with Gasteiger partial charge < -0.3 is 19.5 Å². The maximum absolute atomic E-state index is 13.9. The van der Waals surface area contributed by atoms with Crippen LogP contribution in [0.25, 0.3) is 5.69 Å². The standard InChI is InChI=1S/C26H27F3N4OS/c1-16-14-19(17(2)33(16)22-11-4-3-9-20(22)26(27,28)29)24-23(21-10-5-6-12-30-21)31-25(35)32(24)15-18-8-7-13-34-18/h3-6,9-12,14,18,23-24H,7-8,13,15H2,1-2H3,(H,31,35)/t18-,23+,24+/m0/s1. The summed E-state index contributed by atoms with van der Waals surface area (Å²) in [7, 11) is 0. The Morgan fingerprint density at radius 2 is 1.91 bits per heavy atom. The number of alkyl halides is 3. The van der Waals surface area contributed by atoms with Gasteiger partial charge in [-0.25, -0.2) is 0 Å². The number of halogens is 3. The summed E-state index contributed by atoms with van der Waals surface area (Å²) in [6, 6.07) is 12.9. The van der Waals surface area contributed by atoms with Gasteiger partial charge in [0.05, 0.1) is 35.1 Å². The molecule has 2 fully saturated rings. The molecular formula is C26H27F3N4OS. The summed E-state index contributed by atoms with van der Waals surface area (Å²) in [6.45, 7) is 5.06. The van der Waals surface area contributed by atoms with Crippen LogP contribution in [-0.2, 0) is 10.9 Å². The molecule has 3 aromatic rings. The Kier molecular flexibility index (Phi) is 6.31. The minimum Gasteiger partial charge on any atom is -0.376 e. The van der Waals surface area contributed by atoms with E-state index >= 15 is 0 Å². The number of nitrogens with one attached hydrogen (secondary N) is 1. The molecule has 0 bridgehead atoms. The highest BCUT2D eigenvalue weighted by Gasteiger charge is 2.43. The molecule has 2 aliphatic heterocycles. The van der Waals surface area contributed by atoms with Crippen LogP contribution in [-0.4, -0.2) is 38.8 Å². The fourth-order valence-corrected chi connectivity index (χ4v) is 5.63. The molecule has 2 aliphatic rings. The molecule has 5 rings (SSSR count). The Morgan fingerprint density at radius 1 is 1.14 bits per heavy atom. The van der Waals surface area contributed by atoms with Crippen LogP contribution in [0.2, 0.25) is 0 Å². The van der Waals surface area contributed by atoms with E-state index in [9.17, 15) is 13.2 Å². The van der Waals surface area contributed by atoms with Crippen molar-refractivity contribution in [2.75, 3.05) is 13.2 Å². The molecule has 1 N–H and O–H groups in total. The molecule has 184 valence electrons. The van der Waals surface area contributed by atoms with E-state index < -0.39 is 11.7 Å². The van der Waals surface area contributed by atoms with Crippen molar-refractivity contribution >= 4 is 17.3 Å². The molecule has 1 aromatic carbocycles. The van der Waals surface area contributed by atoms with E-state index in [2.05, 4.69) is 15.2 Å². The van der Waals surface area contributed by atoms with Gasteiger partial charge in [0.2, 0.25) is 0 Å². The van der Waals surface area contributed by atoms with Crippen molar-refractivity contribution in [3.8, 4) is 5.69 Å². The second-order valence-corrected chi connectivity index (χ2v) is 9.48. The fourth-order valence-electron chi connectivity index (χ4n) is 5.31. The summed E-state index contributed by atoms with van der Waals surface area (Å²) < 4.78 is 49.2. The molecule has 0 unspecified atom stereocenters. The monoisotopic (exact) mass is 500 g/mol. The number of ether oxygens (including phenoxy) is 1. The fraction of sp³-hybridized carbons (Fsp3) is 0.385. The van der Waals surface area contributed by atoms with Crippen LogP contribution in [0.3, 0.4) is 0 Å². The van der Waals surface area contributed by atoms with Gasteiger partial charge >= 0.3 is 6.18 Å². The first-order chi connectivity index (χ1) is 16.8. The van der Waals surface area contributed by atoms with Gasteiger partial charge in [0, 0.05) is 30.7 Å². The van der Waals surface area contributed by atoms with E-state index in [1.807, 2.05) is 38.1 Å². The highest BCUT2D eigenvalue weighted by molar-refractivity contribution is 7.80. The Hall–Kier alpha value is -2.91. The average molecular weight is 501 g/mol. The lowest BCUT2D eigenvalue weighted by Crippen LogP contribution is -2.36. The number of nitrogens with zero attached hydrogens (tertiary/aromatic N) is 3. The first-order valence-electron chi connectivity index (χ1n) is 11.7. The third-order valence-corrected chi connectivity index (χ3v) is 7.21. The highest BCUT2D eigenvalue weighted by Crippen LogP contribution is 2.43. The number of rotatable bonds is 5. The van der Waals surface area contributed by atoms with Crippen LogP contribution in [0.15, 0.2) is 54.7 Å². The quantitative estimate of drug-likeness (QED) is 0.458. The predicted molar refractivity (Wildman–Crippen MR) is 131 cm³/mol. The van der Waals surface area contributed by atoms with Crippen LogP contribution in [0.1, 0.15) is 53.1 Å². The van der Waals surface area contributed by atoms with Gasteiger partial charge in [-0.05, 0) is 74.8 Å². The summed E-state index contributed by atoms with van der Waals surface area (Å²) in [4.78, 5) is 6.68. The lowest BCUT2D eigenvalue weighted by molar-refractivity contribution is -0.137. The second kappa shape index (κ2) is 9.28. The van der Waals surface area contributed by atoms with Gasteiger partial charge in [0.15, 0.2) is 5.11 Å². The van der Waals surface area contributed by atoms with Crippen molar-refractivity contribution in [2.45, 2.75) is 51.1 Å². The van der Waals surface area contributed by atoms with Crippen molar-refractivity contribution in [3.05, 3.63) is 82.9 Å². The summed E-state index contributed by atoms with van der Waals surface area (Å²) in [5.74, 6) is 0. The minimum atomic E-state index is -4.46. The zero-order chi connectivity index (χ0) is 24.7. The molecule has 0 radical (unpaired) electrons. The van der Waals surface area contributed by atoms with Crippen molar-refractivity contribution in [3.63, 3.8) is 0 Å². The minimum absolute atomic E-state index is 0.0641. The highest BCUT2D eigenvalue weighted by atomic mass is 32.1. The van der Waals surface area contributed by atoms with Gasteiger partial charge in [-0.15, -0.1) is 0 Å². The maximum atomic E-state index is 13.9. The zero-order valence-electron chi connectivity index (χ0n) is 19.5. The summed E-state index contributed by atoms with van der Waals surface area (Å²) in [6.07, 6.45) is -0.691. The predicted octanol–water partition coefficient (Wildman–Crippen LogP) is 5.66. The summed E-state index contributed by atoms with van der Waals surface area (Å²) >= 11 is 5.75. The van der Waals surface area contributed by atoms with E-state index in [4.69, 9.17) is 17.0 Å². The number of aryl methyl sites for hydroxylation is 1. The number of hydrogen-bond donors (Lipinski definition) is 1. The van der Waals surface area contributed by atoms with Crippen molar-refractivity contribution < 1.29 is 17.9 Å². The number of benzene rings is 1. The van der Waals surface area contributed by atoms with Crippen molar-refractivity contribution in [2.24, 2.45) is 0 Å². The Morgan fingerprint density at radius 3 is 2.60 bits per heavy atom. The van der Waals surface area contributed by atoms with Crippen LogP contribution in [0.5, 0.6) is 0 Å². The Labute approximate surface area is 207 Å². The van der Waals surface area contributed by atoms with E-state index in [1.165, 1.54) is 12.1 Å². The molecule has 0 saturated carbocycles. The molecule has 0 aliphatic carbocycles. The molecule has 35 heavy (non-hydrogen) atoms. The smallest absolute Gasteiger partial charge is 0.376 e. The molecular weight excluding hydrogens is 473 g/mol. The maximum Gasteiger partial charge on any atom is 0.418 e. The van der Waals surface area contributed by atoms with Gasteiger partial charge in [0.25, 0.3) is 0 Å². The van der Waals surface area contributed by atoms with Gasteiger partial charge in [0.1, 0.15) is 0 Å². The van der Waals surface area contributed by atoms with Gasteiger partial charge in [-0.2, -0.15) is 13.2 Å². The first-order valence-corrected chi connectivity index (χ1v) is 12.1. The molecule has 0 amide bonds. The molecule has 2 saturated heterocycles. The number of hydrogen-bond acceptors (Lipinski definition) is 3. The number of thiocarbonyl (C=S) groups is 1. The summed E-state index contributed by atoms with van der Waals surface area (Å²) in [5.41, 5.74) is 2.68. The molecule has 9 heteroatoms. The number of pyridine rings is 1. The number of para-hydroxylation sites is 1. The average Bonchev–Trinajstić information content (AvgIpc) is 3.53. The van der Waals surface area contributed by atoms with Crippen LogP contribution in [0.4, 0.5) is 13.2 Å². The van der Waals surface area contributed by atoms with E-state index in [0.29, 0.717) is 11.7 Å².